The molecular formula is C10H14N2O2. The third kappa shape index (κ3) is 2.29. The minimum Gasteiger partial charge on any atom is -0.395 e. The lowest BCUT2D eigenvalue weighted by atomic mass is 10.2. The van der Waals surface area contributed by atoms with Crippen molar-refractivity contribution < 1.29 is 9.90 Å². The average Bonchev–Trinajstić information content (AvgIpc) is 2.18. The van der Waals surface area contributed by atoms with Crippen LogP contribution in [0, 0.1) is 6.92 Å². The molecule has 0 unspecified atom stereocenters. The van der Waals surface area contributed by atoms with Gasteiger partial charge in [-0.15, -0.1) is 0 Å². The summed E-state index contributed by atoms with van der Waals surface area (Å²) in [6, 6.07) is 3.63. The predicted molar refractivity (Wildman–Crippen MR) is 53.0 cm³/mol. The molecule has 1 rings (SSSR count). The van der Waals surface area contributed by atoms with Crippen molar-refractivity contribution in [3.8, 4) is 0 Å². The van der Waals surface area contributed by atoms with E-state index in [0.717, 1.165) is 5.56 Å². The van der Waals surface area contributed by atoms with E-state index in [1.807, 2.05) is 13.0 Å². The molecule has 1 aromatic rings. The number of aliphatic hydroxyl groups is 1. The van der Waals surface area contributed by atoms with Crippen LogP contribution in [0.15, 0.2) is 18.3 Å². The SMILES string of the molecule is Cc1cccnc1C(=O)N(C)CCO. The normalized spacial score (nSPS) is 9.93. The molecule has 0 bridgehead atoms. The van der Waals surface area contributed by atoms with E-state index in [4.69, 9.17) is 5.11 Å². The quantitative estimate of drug-likeness (QED) is 0.760. The van der Waals surface area contributed by atoms with Crippen LogP contribution < -0.4 is 0 Å². The molecule has 14 heavy (non-hydrogen) atoms. The molecular weight excluding hydrogens is 180 g/mol. The molecule has 4 nitrogen and oxygen atoms in total. The average molecular weight is 194 g/mol. The third-order valence-electron chi connectivity index (χ3n) is 1.99. The van der Waals surface area contributed by atoms with Crippen molar-refractivity contribution in [2.75, 3.05) is 20.2 Å². The highest BCUT2D eigenvalue weighted by molar-refractivity contribution is 5.93. The van der Waals surface area contributed by atoms with Crippen molar-refractivity contribution in [1.82, 2.24) is 9.88 Å². The number of likely N-dealkylation sites (N-methyl/N-ethyl adjacent to an activating group) is 1. The van der Waals surface area contributed by atoms with Crippen LogP contribution in [-0.4, -0.2) is 41.1 Å². The Morgan fingerprint density at radius 2 is 2.36 bits per heavy atom. The van der Waals surface area contributed by atoms with E-state index in [0.29, 0.717) is 12.2 Å². The second kappa shape index (κ2) is 4.72. The first-order valence-electron chi connectivity index (χ1n) is 4.44. The van der Waals surface area contributed by atoms with Crippen molar-refractivity contribution in [2.45, 2.75) is 6.92 Å². The number of carbonyl (C=O) groups excluding carboxylic acids is 1. The molecule has 1 amide bonds. The molecule has 0 aliphatic carbocycles. The van der Waals surface area contributed by atoms with Gasteiger partial charge < -0.3 is 10.0 Å². The standard InChI is InChI=1S/C10H14N2O2/c1-8-4-3-5-11-9(8)10(14)12(2)6-7-13/h3-5,13H,6-7H2,1-2H3. The fourth-order valence-electron chi connectivity index (χ4n) is 1.14. The molecule has 0 radical (unpaired) electrons. The summed E-state index contributed by atoms with van der Waals surface area (Å²) in [5, 5.41) is 8.69. The Labute approximate surface area is 83.2 Å². The zero-order valence-electron chi connectivity index (χ0n) is 8.40. The summed E-state index contributed by atoms with van der Waals surface area (Å²) < 4.78 is 0. The number of hydrogen-bond donors (Lipinski definition) is 1. The van der Waals surface area contributed by atoms with Crippen molar-refractivity contribution >= 4 is 5.91 Å². The largest absolute Gasteiger partial charge is 0.395 e. The number of rotatable bonds is 3. The van der Waals surface area contributed by atoms with Crippen molar-refractivity contribution in [2.24, 2.45) is 0 Å². The smallest absolute Gasteiger partial charge is 0.272 e. The summed E-state index contributed by atoms with van der Waals surface area (Å²) in [5.41, 5.74) is 1.30. The highest BCUT2D eigenvalue weighted by Gasteiger charge is 2.13. The fourth-order valence-corrected chi connectivity index (χ4v) is 1.14. The highest BCUT2D eigenvalue weighted by Crippen LogP contribution is 2.05. The van der Waals surface area contributed by atoms with Gasteiger partial charge in [0.05, 0.1) is 6.61 Å². The van der Waals surface area contributed by atoms with Crippen LogP contribution in [-0.2, 0) is 0 Å². The van der Waals surface area contributed by atoms with E-state index in [1.165, 1.54) is 4.90 Å². The lowest BCUT2D eigenvalue weighted by Crippen LogP contribution is -2.30. The maximum Gasteiger partial charge on any atom is 0.272 e. The van der Waals surface area contributed by atoms with E-state index in [-0.39, 0.29) is 12.5 Å². The maximum atomic E-state index is 11.7. The molecule has 0 saturated heterocycles. The summed E-state index contributed by atoms with van der Waals surface area (Å²) >= 11 is 0. The first kappa shape index (κ1) is 10.7. The Balaban J connectivity index is 2.84. The van der Waals surface area contributed by atoms with Crippen LogP contribution in [0.25, 0.3) is 0 Å². The minimum atomic E-state index is -0.155. The van der Waals surface area contributed by atoms with E-state index in [1.54, 1.807) is 19.3 Å². The van der Waals surface area contributed by atoms with Gasteiger partial charge in [-0.2, -0.15) is 0 Å². The van der Waals surface area contributed by atoms with Gasteiger partial charge >= 0.3 is 0 Å². The number of pyridine rings is 1. The summed E-state index contributed by atoms with van der Waals surface area (Å²) in [4.78, 5) is 17.2. The molecule has 0 aliphatic heterocycles. The number of aromatic nitrogens is 1. The lowest BCUT2D eigenvalue weighted by molar-refractivity contribution is 0.0760. The van der Waals surface area contributed by atoms with Gasteiger partial charge in [0.2, 0.25) is 0 Å². The van der Waals surface area contributed by atoms with Crippen LogP contribution in [0.4, 0.5) is 0 Å². The Kier molecular flexibility index (Phi) is 3.59. The first-order valence-corrected chi connectivity index (χ1v) is 4.44. The molecule has 1 N–H and O–H groups in total. The Morgan fingerprint density at radius 1 is 1.64 bits per heavy atom. The summed E-state index contributed by atoms with van der Waals surface area (Å²) in [6.45, 7) is 2.13. The highest BCUT2D eigenvalue weighted by atomic mass is 16.3. The van der Waals surface area contributed by atoms with Crippen LogP contribution in [0.1, 0.15) is 16.1 Å². The lowest BCUT2D eigenvalue weighted by Gasteiger charge is -2.15. The van der Waals surface area contributed by atoms with E-state index < -0.39 is 0 Å². The number of aliphatic hydroxyl groups excluding tert-OH is 1. The zero-order chi connectivity index (χ0) is 10.6. The fraction of sp³-hybridized carbons (Fsp3) is 0.400. The summed E-state index contributed by atoms with van der Waals surface area (Å²) in [5.74, 6) is -0.155. The molecule has 0 fully saturated rings. The van der Waals surface area contributed by atoms with E-state index in [9.17, 15) is 4.79 Å². The first-order chi connectivity index (χ1) is 6.66. The summed E-state index contributed by atoms with van der Waals surface area (Å²) in [6.07, 6.45) is 1.59. The third-order valence-corrected chi connectivity index (χ3v) is 1.99. The molecule has 0 saturated carbocycles. The number of carbonyl (C=O) groups is 1. The molecule has 0 aromatic carbocycles. The van der Waals surface area contributed by atoms with Gasteiger partial charge in [-0.1, -0.05) is 6.07 Å². The van der Waals surface area contributed by atoms with Gasteiger partial charge in [0.1, 0.15) is 5.69 Å². The number of hydrogen-bond acceptors (Lipinski definition) is 3. The van der Waals surface area contributed by atoms with E-state index in [2.05, 4.69) is 4.98 Å². The van der Waals surface area contributed by atoms with Gasteiger partial charge in [-0.3, -0.25) is 9.78 Å². The second-order valence-electron chi connectivity index (χ2n) is 3.12. The van der Waals surface area contributed by atoms with Crippen LogP contribution in [0.2, 0.25) is 0 Å². The van der Waals surface area contributed by atoms with Gasteiger partial charge in [0.25, 0.3) is 5.91 Å². The minimum absolute atomic E-state index is 0.0336. The van der Waals surface area contributed by atoms with Gasteiger partial charge in [0.15, 0.2) is 0 Å². The van der Waals surface area contributed by atoms with Gasteiger partial charge in [-0.25, -0.2) is 0 Å². The maximum absolute atomic E-state index is 11.7. The Bertz CT molecular complexity index is 326. The second-order valence-corrected chi connectivity index (χ2v) is 3.12. The molecule has 1 aromatic heterocycles. The van der Waals surface area contributed by atoms with Crippen molar-refractivity contribution in [1.29, 1.82) is 0 Å². The van der Waals surface area contributed by atoms with Crippen LogP contribution >= 0.6 is 0 Å². The molecule has 1 heterocycles. The zero-order valence-corrected chi connectivity index (χ0v) is 8.40. The van der Waals surface area contributed by atoms with Gasteiger partial charge in [-0.05, 0) is 18.6 Å². The molecule has 0 aliphatic rings. The molecule has 4 heteroatoms. The van der Waals surface area contributed by atoms with Gasteiger partial charge in [0, 0.05) is 19.8 Å². The topological polar surface area (TPSA) is 53.4 Å². The Hall–Kier alpha value is -1.42. The number of nitrogens with zero attached hydrogens (tertiary/aromatic N) is 2. The monoisotopic (exact) mass is 194 g/mol. The molecule has 76 valence electrons. The Morgan fingerprint density at radius 3 is 2.93 bits per heavy atom. The molecule has 0 spiro atoms. The van der Waals surface area contributed by atoms with Crippen molar-refractivity contribution in [3.05, 3.63) is 29.6 Å². The summed E-state index contributed by atoms with van der Waals surface area (Å²) in [7, 11) is 1.65. The predicted octanol–water partition coefficient (Wildman–Crippen LogP) is 0.454. The number of aryl methyl sites for hydroxylation is 1. The number of amides is 1. The van der Waals surface area contributed by atoms with E-state index >= 15 is 0 Å². The van der Waals surface area contributed by atoms with Crippen LogP contribution in [0.3, 0.4) is 0 Å². The van der Waals surface area contributed by atoms with Crippen LogP contribution in [0.5, 0.6) is 0 Å². The molecule has 0 atom stereocenters. The van der Waals surface area contributed by atoms with Crippen molar-refractivity contribution in [3.63, 3.8) is 0 Å².